The highest BCUT2D eigenvalue weighted by atomic mass is 16.3. The van der Waals surface area contributed by atoms with Gasteiger partial charge in [-0.05, 0) is 48.9 Å². The quantitative estimate of drug-likeness (QED) is 0.521. The molecule has 0 radical (unpaired) electrons. The maximum absolute atomic E-state index is 5.38. The lowest BCUT2D eigenvalue weighted by Gasteiger charge is -2.08. The summed E-state index contributed by atoms with van der Waals surface area (Å²) in [5, 5.41) is 0. The van der Waals surface area contributed by atoms with E-state index in [0.29, 0.717) is 0 Å². The second-order valence-electron chi connectivity index (χ2n) is 5.88. The summed E-state index contributed by atoms with van der Waals surface area (Å²) in [7, 11) is 0. The number of hydrogen-bond acceptors (Lipinski definition) is 2. The average Bonchev–Trinajstić information content (AvgIpc) is 3.21. The zero-order valence-corrected chi connectivity index (χ0v) is 13.5. The summed E-state index contributed by atoms with van der Waals surface area (Å²) in [6, 6.07) is 20.6. The number of fused-ring (bicyclic) bond motifs is 1. The normalized spacial score (nSPS) is 11.5. The Labute approximate surface area is 140 Å². The third kappa shape index (κ3) is 2.88. The molecule has 0 saturated heterocycles. The van der Waals surface area contributed by atoms with Crippen LogP contribution in [0.15, 0.2) is 71.3 Å². The van der Waals surface area contributed by atoms with Gasteiger partial charge in [-0.1, -0.05) is 42.0 Å². The molecule has 0 amide bonds. The Hall–Kier alpha value is -3.07. The molecule has 0 unspecified atom stereocenters. The fourth-order valence-corrected chi connectivity index (χ4v) is 2.92. The largest absolute Gasteiger partial charge is 0.465 e. The van der Waals surface area contributed by atoms with Gasteiger partial charge in [-0.3, -0.25) is 0 Å². The molecule has 0 spiro atoms. The Kier molecular flexibility index (Phi) is 3.75. The first kappa shape index (κ1) is 14.5. The first-order valence-corrected chi connectivity index (χ1v) is 8.02. The van der Waals surface area contributed by atoms with Crippen LogP contribution in [-0.4, -0.2) is 9.55 Å². The van der Waals surface area contributed by atoms with E-state index in [2.05, 4.69) is 47.9 Å². The maximum atomic E-state index is 5.38. The standard InChI is InChI=1S/C21H18N2O/c1-16-6-4-7-17(14-16)15-23-20-10-3-2-9-19(20)22-21(23)12-11-18-8-5-13-24-18/h2-14H,15H2,1H3/b12-11+. The van der Waals surface area contributed by atoms with E-state index < -0.39 is 0 Å². The van der Waals surface area contributed by atoms with Gasteiger partial charge in [0.2, 0.25) is 0 Å². The first-order valence-electron chi connectivity index (χ1n) is 8.02. The first-order chi connectivity index (χ1) is 11.8. The van der Waals surface area contributed by atoms with Crippen molar-refractivity contribution in [3.05, 3.63) is 89.6 Å². The molecule has 3 nitrogen and oxygen atoms in total. The fourth-order valence-electron chi connectivity index (χ4n) is 2.92. The molecule has 2 aromatic heterocycles. The minimum atomic E-state index is 0.792. The van der Waals surface area contributed by atoms with Gasteiger partial charge in [-0.15, -0.1) is 0 Å². The van der Waals surface area contributed by atoms with Crippen molar-refractivity contribution in [2.24, 2.45) is 0 Å². The molecule has 0 saturated carbocycles. The second kappa shape index (κ2) is 6.20. The smallest absolute Gasteiger partial charge is 0.134 e. The van der Waals surface area contributed by atoms with Gasteiger partial charge in [0.25, 0.3) is 0 Å². The van der Waals surface area contributed by atoms with E-state index >= 15 is 0 Å². The van der Waals surface area contributed by atoms with Gasteiger partial charge < -0.3 is 8.98 Å². The van der Waals surface area contributed by atoms with Crippen molar-refractivity contribution in [3.63, 3.8) is 0 Å². The van der Waals surface area contributed by atoms with Gasteiger partial charge in [0.05, 0.1) is 17.3 Å². The number of aryl methyl sites for hydroxylation is 1. The Morgan fingerprint density at radius 3 is 2.75 bits per heavy atom. The van der Waals surface area contributed by atoms with E-state index in [9.17, 15) is 0 Å². The van der Waals surface area contributed by atoms with Crippen molar-refractivity contribution in [2.75, 3.05) is 0 Å². The zero-order chi connectivity index (χ0) is 16.4. The number of nitrogens with zero attached hydrogens (tertiary/aromatic N) is 2. The van der Waals surface area contributed by atoms with Gasteiger partial charge >= 0.3 is 0 Å². The molecule has 3 heteroatoms. The van der Waals surface area contributed by atoms with E-state index in [-0.39, 0.29) is 0 Å². The second-order valence-corrected chi connectivity index (χ2v) is 5.88. The summed E-state index contributed by atoms with van der Waals surface area (Å²) >= 11 is 0. The number of rotatable bonds is 4. The Bertz CT molecular complexity index is 994. The summed E-state index contributed by atoms with van der Waals surface area (Å²) in [5.74, 6) is 1.75. The monoisotopic (exact) mass is 314 g/mol. The molecule has 24 heavy (non-hydrogen) atoms. The molecule has 0 aliphatic rings. The molecule has 4 aromatic rings. The molecular weight excluding hydrogens is 296 g/mol. The Morgan fingerprint density at radius 2 is 1.92 bits per heavy atom. The number of imidazole rings is 1. The van der Waals surface area contributed by atoms with Gasteiger partial charge in [0.15, 0.2) is 0 Å². The number of para-hydroxylation sites is 2. The summed E-state index contributed by atoms with van der Waals surface area (Å²) in [6.45, 7) is 2.91. The maximum Gasteiger partial charge on any atom is 0.134 e. The highest BCUT2D eigenvalue weighted by molar-refractivity contribution is 5.79. The minimum Gasteiger partial charge on any atom is -0.465 e. The van der Waals surface area contributed by atoms with Crippen LogP contribution in [0.2, 0.25) is 0 Å². The third-order valence-electron chi connectivity index (χ3n) is 4.05. The van der Waals surface area contributed by atoms with Crippen LogP contribution >= 0.6 is 0 Å². The van der Waals surface area contributed by atoms with Crippen LogP contribution < -0.4 is 0 Å². The summed E-state index contributed by atoms with van der Waals surface area (Å²) in [6.07, 6.45) is 5.64. The van der Waals surface area contributed by atoms with Crippen molar-refractivity contribution in [2.45, 2.75) is 13.5 Å². The molecule has 0 fully saturated rings. The lowest BCUT2D eigenvalue weighted by molar-refractivity contribution is 0.557. The zero-order valence-electron chi connectivity index (χ0n) is 13.5. The van der Waals surface area contributed by atoms with Crippen LogP contribution in [0, 0.1) is 6.92 Å². The van der Waals surface area contributed by atoms with Crippen molar-refractivity contribution in [1.82, 2.24) is 9.55 Å². The van der Waals surface area contributed by atoms with Crippen LogP contribution in [0.3, 0.4) is 0 Å². The van der Waals surface area contributed by atoms with Crippen LogP contribution in [0.4, 0.5) is 0 Å². The Balaban J connectivity index is 1.78. The van der Waals surface area contributed by atoms with Gasteiger partial charge in [0.1, 0.15) is 11.6 Å². The van der Waals surface area contributed by atoms with Crippen molar-refractivity contribution >= 4 is 23.2 Å². The van der Waals surface area contributed by atoms with Crippen molar-refractivity contribution < 1.29 is 4.42 Å². The molecule has 0 atom stereocenters. The lowest BCUT2D eigenvalue weighted by atomic mass is 10.1. The summed E-state index contributed by atoms with van der Waals surface area (Å²) in [5.41, 5.74) is 4.68. The highest BCUT2D eigenvalue weighted by Crippen LogP contribution is 2.20. The molecule has 0 aliphatic heterocycles. The molecule has 4 rings (SSSR count). The van der Waals surface area contributed by atoms with Crippen LogP contribution in [-0.2, 0) is 6.54 Å². The highest BCUT2D eigenvalue weighted by Gasteiger charge is 2.09. The van der Waals surface area contributed by atoms with Crippen LogP contribution in [0.25, 0.3) is 23.2 Å². The fraction of sp³-hybridized carbons (Fsp3) is 0.0952. The van der Waals surface area contributed by atoms with E-state index in [1.807, 2.05) is 36.4 Å². The van der Waals surface area contributed by atoms with Crippen molar-refractivity contribution in [1.29, 1.82) is 0 Å². The number of hydrogen-bond donors (Lipinski definition) is 0. The summed E-state index contributed by atoms with van der Waals surface area (Å²) < 4.78 is 7.62. The Morgan fingerprint density at radius 1 is 1.00 bits per heavy atom. The number of benzene rings is 2. The van der Waals surface area contributed by atoms with Gasteiger partial charge in [0, 0.05) is 6.54 Å². The van der Waals surface area contributed by atoms with Crippen LogP contribution in [0.1, 0.15) is 22.7 Å². The van der Waals surface area contributed by atoms with Crippen molar-refractivity contribution in [3.8, 4) is 0 Å². The van der Waals surface area contributed by atoms with E-state index in [1.165, 1.54) is 11.1 Å². The molecule has 2 aromatic carbocycles. The third-order valence-corrected chi connectivity index (χ3v) is 4.05. The van der Waals surface area contributed by atoms with Gasteiger partial charge in [-0.25, -0.2) is 4.98 Å². The molecule has 0 aliphatic carbocycles. The summed E-state index contributed by atoms with van der Waals surface area (Å²) in [4.78, 5) is 4.77. The van der Waals surface area contributed by atoms with Crippen LogP contribution in [0.5, 0.6) is 0 Å². The van der Waals surface area contributed by atoms with Gasteiger partial charge in [-0.2, -0.15) is 0 Å². The van der Waals surface area contributed by atoms with E-state index in [4.69, 9.17) is 9.40 Å². The minimum absolute atomic E-state index is 0.792. The predicted octanol–water partition coefficient (Wildman–Crippen LogP) is 5.16. The SMILES string of the molecule is Cc1cccc(Cn2c(/C=C/c3ccco3)nc3ccccc32)c1. The molecule has 2 heterocycles. The predicted molar refractivity (Wildman–Crippen MR) is 97.7 cm³/mol. The average molecular weight is 314 g/mol. The van der Waals surface area contributed by atoms with E-state index in [1.54, 1.807) is 6.26 Å². The van der Waals surface area contributed by atoms with E-state index in [0.717, 1.165) is 29.2 Å². The molecular formula is C21H18N2O. The number of furan rings is 1. The topological polar surface area (TPSA) is 31.0 Å². The molecule has 118 valence electrons. The molecule has 0 N–H and O–H groups in total. The lowest BCUT2D eigenvalue weighted by Crippen LogP contribution is -2.02. The molecule has 0 bridgehead atoms. The number of aromatic nitrogens is 2.